The molecular formula is C33H29NO10. The second-order valence-corrected chi connectivity index (χ2v) is 9.50. The highest BCUT2D eigenvalue weighted by molar-refractivity contribution is 6.04. The molecule has 0 saturated carbocycles. The molecule has 11 heteroatoms. The number of aromatic nitrogens is 1. The largest absolute Gasteiger partial charge is 0.497 e. The maximum Gasteiger partial charge on any atom is 0.336 e. The number of pyridine rings is 1. The van der Waals surface area contributed by atoms with Crippen LogP contribution >= 0.6 is 0 Å². The normalized spacial score (nSPS) is 10.8. The van der Waals surface area contributed by atoms with Crippen LogP contribution in [0.1, 0.15) is 27.8 Å². The summed E-state index contributed by atoms with van der Waals surface area (Å²) >= 11 is 0. The summed E-state index contributed by atoms with van der Waals surface area (Å²) in [5.41, 5.74) is 2.19. The topological polar surface area (TPSA) is 140 Å². The van der Waals surface area contributed by atoms with Crippen molar-refractivity contribution in [1.82, 2.24) is 4.98 Å². The number of rotatable bonds is 8. The van der Waals surface area contributed by atoms with Gasteiger partial charge in [-0.1, -0.05) is 0 Å². The fraction of sp³-hybridized carbons (Fsp3) is 0.182. The Labute approximate surface area is 251 Å². The van der Waals surface area contributed by atoms with E-state index in [-0.39, 0.29) is 11.3 Å². The van der Waals surface area contributed by atoms with E-state index >= 15 is 0 Å². The highest BCUT2D eigenvalue weighted by Gasteiger charge is 2.18. The second kappa shape index (κ2) is 12.3. The van der Waals surface area contributed by atoms with Crippen LogP contribution in [0.25, 0.3) is 44.3 Å². The van der Waals surface area contributed by atoms with Crippen LogP contribution in [0.4, 0.5) is 0 Å². The Kier molecular flexibility index (Phi) is 8.30. The van der Waals surface area contributed by atoms with Gasteiger partial charge in [0.25, 0.3) is 0 Å². The Balaban J connectivity index is 0.000000204. The zero-order valence-corrected chi connectivity index (χ0v) is 24.8. The van der Waals surface area contributed by atoms with Gasteiger partial charge in [0.1, 0.15) is 45.6 Å². The number of fused-ring (bicyclic) bond motifs is 3. The van der Waals surface area contributed by atoms with Crippen LogP contribution in [0.3, 0.4) is 0 Å². The van der Waals surface area contributed by atoms with Gasteiger partial charge >= 0.3 is 5.97 Å². The Morgan fingerprint density at radius 1 is 0.659 bits per heavy atom. The van der Waals surface area contributed by atoms with Crippen LogP contribution in [0.2, 0.25) is 0 Å². The van der Waals surface area contributed by atoms with Crippen LogP contribution in [0.15, 0.2) is 69.5 Å². The van der Waals surface area contributed by atoms with Crippen molar-refractivity contribution in [3.8, 4) is 40.2 Å². The minimum absolute atomic E-state index is 0.114. The number of hydrogen-bond donors (Lipinski definition) is 1. The summed E-state index contributed by atoms with van der Waals surface area (Å²) < 4.78 is 37.5. The number of hydrogen-bond acceptors (Lipinski definition) is 10. The van der Waals surface area contributed by atoms with E-state index in [9.17, 15) is 14.7 Å². The predicted octanol–water partition coefficient (Wildman–Crippen LogP) is 7.02. The van der Waals surface area contributed by atoms with E-state index in [1.165, 1.54) is 20.1 Å². The van der Waals surface area contributed by atoms with Gasteiger partial charge in [-0.05, 0) is 36.4 Å². The van der Waals surface area contributed by atoms with Gasteiger partial charge in [0.05, 0.1) is 57.4 Å². The monoisotopic (exact) mass is 599 g/mol. The Morgan fingerprint density at radius 2 is 1.25 bits per heavy atom. The number of benzene rings is 3. The van der Waals surface area contributed by atoms with Crippen LogP contribution in [0.5, 0.6) is 28.7 Å². The summed E-state index contributed by atoms with van der Waals surface area (Å²) in [6, 6.07) is 17.0. The lowest BCUT2D eigenvalue weighted by Gasteiger charge is -2.07. The third kappa shape index (κ3) is 5.67. The van der Waals surface area contributed by atoms with E-state index in [4.69, 9.17) is 32.5 Å². The molecule has 0 atom stereocenters. The molecule has 0 fully saturated rings. The van der Waals surface area contributed by atoms with Crippen molar-refractivity contribution in [2.45, 2.75) is 6.92 Å². The molecular weight excluding hydrogens is 570 g/mol. The summed E-state index contributed by atoms with van der Waals surface area (Å²) in [6.45, 7) is 1.46. The van der Waals surface area contributed by atoms with Crippen molar-refractivity contribution in [3.05, 3.63) is 72.0 Å². The maximum absolute atomic E-state index is 11.8. The zero-order chi connectivity index (χ0) is 31.5. The Bertz CT molecular complexity index is 2020. The van der Waals surface area contributed by atoms with Gasteiger partial charge in [0.2, 0.25) is 0 Å². The number of carbonyl (C=O) groups is 2. The number of nitrogens with zero attached hydrogens (tertiary/aromatic N) is 1. The van der Waals surface area contributed by atoms with Gasteiger partial charge in [-0.2, -0.15) is 0 Å². The molecule has 0 saturated heterocycles. The standard InChI is InChI=1S/C21H17NO6.C12H12O4/c1-25-11-4-5-16-13(6-11)14(21(23)24)9-17(22-16)20-10-15-18(27-3)7-12(26-2)8-19(15)28-20;1-7(13)10-6-9-11(15-3)4-8(14-2)5-12(9)16-10/h4-10H,1-3H3,(H,23,24);4-6H,1-3H3. The molecule has 6 rings (SSSR count). The number of carboxylic acids is 1. The van der Waals surface area contributed by atoms with Gasteiger partial charge < -0.3 is 37.6 Å². The maximum atomic E-state index is 11.8. The van der Waals surface area contributed by atoms with Crippen LogP contribution in [-0.2, 0) is 0 Å². The summed E-state index contributed by atoms with van der Waals surface area (Å²) in [5.74, 6) is 2.59. The number of ketones is 1. The summed E-state index contributed by atoms with van der Waals surface area (Å²) in [7, 11) is 7.78. The highest BCUT2D eigenvalue weighted by Crippen LogP contribution is 2.38. The number of Topliss-reactive ketones (excluding diaryl/α,β-unsaturated/α-hetero) is 1. The molecule has 0 bridgehead atoms. The average Bonchev–Trinajstić information content (AvgIpc) is 3.68. The van der Waals surface area contributed by atoms with Crippen molar-refractivity contribution in [2.75, 3.05) is 35.5 Å². The van der Waals surface area contributed by atoms with Crippen molar-refractivity contribution >= 4 is 44.6 Å². The predicted molar refractivity (Wildman–Crippen MR) is 163 cm³/mol. The molecule has 0 radical (unpaired) electrons. The van der Waals surface area contributed by atoms with E-state index in [0.717, 1.165) is 10.8 Å². The third-order valence-electron chi connectivity index (χ3n) is 6.90. The van der Waals surface area contributed by atoms with Gasteiger partial charge in [-0.15, -0.1) is 0 Å². The van der Waals surface area contributed by atoms with Crippen molar-refractivity contribution in [2.24, 2.45) is 0 Å². The minimum atomic E-state index is -1.06. The van der Waals surface area contributed by atoms with Gasteiger partial charge in [0, 0.05) is 36.6 Å². The lowest BCUT2D eigenvalue weighted by atomic mass is 10.1. The molecule has 3 heterocycles. The SMILES string of the molecule is COc1cc(OC)c2cc(-c3cc(C(=O)O)c4cc(OC)ccc4n3)oc2c1.COc1cc(OC)c2cc(C(C)=O)oc2c1. The molecule has 0 amide bonds. The lowest BCUT2D eigenvalue weighted by molar-refractivity contribution is 0.0698. The number of methoxy groups -OCH3 is 5. The van der Waals surface area contributed by atoms with Crippen LogP contribution in [0, 0.1) is 0 Å². The second-order valence-electron chi connectivity index (χ2n) is 9.50. The molecule has 6 aromatic rings. The number of aromatic carboxylic acids is 1. The molecule has 0 aliphatic heterocycles. The van der Waals surface area contributed by atoms with E-state index in [1.54, 1.807) is 83.0 Å². The molecule has 0 spiro atoms. The first-order chi connectivity index (χ1) is 21.2. The molecule has 44 heavy (non-hydrogen) atoms. The Morgan fingerprint density at radius 3 is 1.80 bits per heavy atom. The lowest BCUT2D eigenvalue weighted by Crippen LogP contribution is -2.00. The molecule has 11 nitrogen and oxygen atoms in total. The van der Waals surface area contributed by atoms with Crippen molar-refractivity contribution in [3.63, 3.8) is 0 Å². The first kappa shape index (κ1) is 29.8. The highest BCUT2D eigenvalue weighted by atomic mass is 16.5. The van der Waals surface area contributed by atoms with E-state index in [2.05, 4.69) is 4.98 Å². The minimum Gasteiger partial charge on any atom is -0.497 e. The van der Waals surface area contributed by atoms with Gasteiger partial charge in [0.15, 0.2) is 17.3 Å². The fourth-order valence-corrected chi connectivity index (χ4v) is 4.67. The zero-order valence-electron chi connectivity index (χ0n) is 24.8. The number of carbonyl (C=O) groups excluding carboxylic acids is 1. The Hall–Kier alpha value is -5.71. The van der Waals surface area contributed by atoms with Crippen molar-refractivity contribution in [1.29, 1.82) is 0 Å². The van der Waals surface area contributed by atoms with E-state index in [0.29, 0.717) is 68.0 Å². The van der Waals surface area contributed by atoms with Gasteiger partial charge in [-0.25, -0.2) is 9.78 Å². The molecule has 3 aromatic carbocycles. The first-order valence-electron chi connectivity index (χ1n) is 13.2. The van der Waals surface area contributed by atoms with Crippen LogP contribution in [-0.4, -0.2) is 57.4 Å². The number of carboxylic acid groups (broad SMARTS) is 1. The molecule has 0 aliphatic carbocycles. The molecule has 3 aromatic heterocycles. The fourth-order valence-electron chi connectivity index (χ4n) is 4.67. The molecule has 0 aliphatic rings. The summed E-state index contributed by atoms with van der Waals surface area (Å²) in [6.07, 6.45) is 0. The van der Waals surface area contributed by atoms with Crippen molar-refractivity contribution < 1.29 is 47.2 Å². The van der Waals surface area contributed by atoms with Crippen LogP contribution < -0.4 is 23.7 Å². The third-order valence-corrected chi connectivity index (χ3v) is 6.90. The summed E-state index contributed by atoms with van der Waals surface area (Å²) in [4.78, 5) is 27.6. The molecule has 1 N–H and O–H groups in total. The number of ether oxygens (including phenoxy) is 5. The first-order valence-corrected chi connectivity index (χ1v) is 13.2. The van der Waals surface area contributed by atoms with E-state index < -0.39 is 5.97 Å². The number of furan rings is 2. The van der Waals surface area contributed by atoms with E-state index in [1.807, 2.05) is 0 Å². The quantitative estimate of drug-likeness (QED) is 0.180. The molecule has 226 valence electrons. The molecule has 0 unspecified atom stereocenters. The van der Waals surface area contributed by atoms with Gasteiger partial charge in [-0.3, -0.25) is 4.79 Å². The summed E-state index contributed by atoms with van der Waals surface area (Å²) in [5, 5.41) is 11.7. The smallest absolute Gasteiger partial charge is 0.336 e. The average molecular weight is 600 g/mol.